The number of benzene rings is 2. The first-order valence-corrected chi connectivity index (χ1v) is 8.28. The highest BCUT2D eigenvalue weighted by molar-refractivity contribution is 7.88. The Morgan fingerprint density at radius 2 is 1.54 bits per heavy atom. The van der Waals surface area contributed by atoms with Crippen molar-refractivity contribution < 1.29 is 35.2 Å². The Bertz CT molecular complexity index is 948. The summed E-state index contributed by atoms with van der Waals surface area (Å²) in [6, 6.07) is 8.59. The van der Waals surface area contributed by atoms with Crippen molar-refractivity contribution in [1.82, 2.24) is 0 Å². The van der Waals surface area contributed by atoms with Gasteiger partial charge in [-0.2, -0.15) is 21.6 Å². The standard InChI is InChI=1S/C16H12F3NO5S/c1-20-11-6-4-10(5-7-11)12-8-14(24-3)15(9-13(12)23-2)25-26(21,22)16(17,18)19/h4-9H,2-3H3. The molecular weight excluding hydrogens is 375 g/mol. The number of rotatable bonds is 5. The maximum Gasteiger partial charge on any atom is 0.534 e. The maximum absolute atomic E-state index is 12.5. The fourth-order valence-electron chi connectivity index (χ4n) is 2.04. The van der Waals surface area contributed by atoms with Gasteiger partial charge in [-0.25, -0.2) is 4.85 Å². The summed E-state index contributed by atoms with van der Waals surface area (Å²) in [4.78, 5) is 3.26. The third-order valence-corrected chi connectivity index (χ3v) is 4.24. The Morgan fingerprint density at radius 3 is 2.00 bits per heavy atom. The van der Waals surface area contributed by atoms with Crippen LogP contribution in [-0.4, -0.2) is 28.1 Å². The van der Waals surface area contributed by atoms with Gasteiger partial charge in [0.2, 0.25) is 0 Å². The molecule has 6 nitrogen and oxygen atoms in total. The van der Waals surface area contributed by atoms with Crippen LogP contribution in [0, 0.1) is 6.57 Å². The summed E-state index contributed by atoms with van der Waals surface area (Å²) in [6.45, 7) is 6.94. The summed E-state index contributed by atoms with van der Waals surface area (Å²) in [5.41, 5.74) is -4.19. The molecule has 0 aromatic heterocycles. The highest BCUT2D eigenvalue weighted by Gasteiger charge is 2.49. The molecule has 0 saturated carbocycles. The molecule has 26 heavy (non-hydrogen) atoms. The van der Waals surface area contributed by atoms with Crippen molar-refractivity contribution in [2.75, 3.05) is 14.2 Å². The van der Waals surface area contributed by atoms with E-state index >= 15 is 0 Å². The highest BCUT2D eigenvalue weighted by Crippen LogP contribution is 2.42. The van der Waals surface area contributed by atoms with Crippen molar-refractivity contribution in [3.05, 3.63) is 47.8 Å². The minimum absolute atomic E-state index is 0.0636. The predicted molar refractivity (Wildman–Crippen MR) is 86.8 cm³/mol. The molecule has 2 aromatic rings. The number of nitrogens with zero attached hydrogens (tertiary/aromatic N) is 1. The Labute approximate surface area is 147 Å². The van der Waals surface area contributed by atoms with E-state index in [9.17, 15) is 21.6 Å². The lowest BCUT2D eigenvalue weighted by molar-refractivity contribution is -0.0500. The number of methoxy groups -OCH3 is 2. The van der Waals surface area contributed by atoms with Gasteiger partial charge >= 0.3 is 15.6 Å². The maximum atomic E-state index is 12.5. The first kappa shape index (κ1) is 19.4. The van der Waals surface area contributed by atoms with Crippen molar-refractivity contribution in [2.24, 2.45) is 0 Å². The molecule has 0 aliphatic carbocycles. The molecule has 0 radical (unpaired) electrons. The van der Waals surface area contributed by atoms with Crippen LogP contribution in [0.15, 0.2) is 36.4 Å². The van der Waals surface area contributed by atoms with Gasteiger partial charge in [-0.05, 0) is 11.6 Å². The van der Waals surface area contributed by atoms with E-state index in [2.05, 4.69) is 9.03 Å². The van der Waals surface area contributed by atoms with E-state index in [1.807, 2.05) is 0 Å². The second-order valence-electron chi connectivity index (χ2n) is 4.85. The largest absolute Gasteiger partial charge is 0.534 e. The van der Waals surface area contributed by atoms with E-state index in [0.717, 1.165) is 13.2 Å². The summed E-state index contributed by atoms with van der Waals surface area (Å²) in [5.74, 6) is -0.833. The number of ether oxygens (including phenoxy) is 2. The van der Waals surface area contributed by atoms with E-state index in [0.29, 0.717) is 16.8 Å². The molecule has 0 saturated heterocycles. The van der Waals surface area contributed by atoms with Crippen LogP contribution in [0.1, 0.15) is 0 Å². The van der Waals surface area contributed by atoms with Gasteiger partial charge < -0.3 is 13.7 Å². The van der Waals surface area contributed by atoms with Gasteiger partial charge in [0.25, 0.3) is 0 Å². The van der Waals surface area contributed by atoms with Crippen molar-refractivity contribution in [3.8, 4) is 28.4 Å². The summed E-state index contributed by atoms with van der Waals surface area (Å²) < 4.78 is 74.4. The lowest BCUT2D eigenvalue weighted by Crippen LogP contribution is -2.28. The quantitative estimate of drug-likeness (QED) is 0.438. The SMILES string of the molecule is [C-]#[N+]c1ccc(-c2cc(OC)c(OS(=O)(=O)C(F)(F)F)cc2OC)cc1. The first-order valence-electron chi connectivity index (χ1n) is 6.87. The van der Waals surface area contributed by atoms with E-state index < -0.39 is 21.4 Å². The Balaban J connectivity index is 2.56. The smallest absolute Gasteiger partial charge is 0.496 e. The van der Waals surface area contributed by atoms with E-state index in [1.165, 1.54) is 13.2 Å². The molecule has 0 bridgehead atoms. The topological polar surface area (TPSA) is 66.2 Å². The zero-order chi connectivity index (χ0) is 19.5. The van der Waals surface area contributed by atoms with Crippen LogP contribution in [0.5, 0.6) is 17.2 Å². The molecule has 2 rings (SSSR count). The first-order chi connectivity index (χ1) is 12.1. The highest BCUT2D eigenvalue weighted by atomic mass is 32.2. The van der Waals surface area contributed by atoms with Crippen LogP contribution in [0.4, 0.5) is 18.9 Å². The minimum Gasteiger partial charge on any atom is -0.496 e. The van der Waals surface area contributed by atoms with Gasteiger partial charge in [0.15, 0.2) is 17.2 Å². The second-order valence-corrected chi connectivity index (χ2v) is 6.38. The van der Waals surface area contributed by atoms with Crippen LogP contribution in [0.25, 0.3) is 16.0 Å². The predicted octanol–water partition coefficient (Wildman–Crippen LogP) is 4.15. The molecule has 0 fully saturated rings. The van der Waals surface area contributed by atoms with Gasteiger partial charge in [-0.15, -0.1) is 0 Å². The molecule has 0 amide bonds. The van der Waals surface area contributed by atoms with Gasteiger partial charge in [-0.1, -0.05) is 24.3 Å². The molecule has 0 atom stereocenters. The normalized spacial score (nSPS) is 11.5. The van der Waals surface area contributed by atoms with Crippen LogP contribution in [0.3, 0.4) is 0 Å². The van der Waals surface area contributed by atoms with Crippen molar-refractivity contribution in [1.29, 1.82) is 0 Å². The van der Waals surface area contributed by atoms with Gasteiger partial charge in [0.1, 0.15) is 5.75 Å². The van der Waals surface area contributed by atoms with Gasteiger partial charge in [0.05, 0.1) is 20.8 Å². The van der Waals surface area contributed by atoms with E-state index in [1.54, 1.807) is 24.3 Å². The van der Waals surface area contributed by atoms with Crippen molar-refractivity contribution in [3.63, 3.8) is 0 Å². The Kier molecular flexibility index (Phi) is 5.32. The van der Waals surface area contributed by atoms with Crippen LogP contribution < -0.4 is 13.7 Å². The van der Waals surface area contributed by atoms with Gasteiger partial charge in [-0.3, -0.25) is 0 Å². The average molecular weight is 387 g/mol. The molecular formula is C16H12F3NO5S. The second kappa shape index (κ2) is 7.13. The number of halogens is 3. The van der Waals surface area contributed by atoms with Crippen LogP contribution in [0.2, 0.25) is 0 Å². The number of alkyl halides is 3. The Morgan fingerprint density at radius 1 is 0.962 bits per heavy atom. The number of hydrogen-bond acceptors (Lipinski definition) is 5. The molecule has 0 aliphatic rings. The van der Waals surface area contributed by atoms with Crippen LogP contribution in [-0.2, 0) is 10.1 Å². The van der Waals surface area contributed by atoms with Crippen LogP contribution >= 0.6 is 0 Å². The lowest BCUT2D eigenvalue weighted by atomic mass is 10.0. The minimum atomic E-state index is -5.86. The molecule has 0 unspecified atom stereocenters. The summed E-state index contributed by atoms with van der Waals surface area (Å²) in [6.07, 6.45) is 0. The fourth-order valence-corrected chi connectivity index (χ4v) is 2.50. The summed E-state index contributed by atoms with van der Waals surface area (Å²) in [7, 11) is -3.45. The lowest BCUT2D eigenvalue weighted by Gasteiger charge is -2.16. The molecule has 0 heterocycles. The number of hydrogen-bond donors (Lipinski definition) is 0. The van der Waals surface area contributed by atoms with E-state index in [4.69, 9.17) is 16.0 Å². The summed E-state index contributed by atoms with van der Waals surface area (Å²) >= 11 is 0. The van der Waals surface area contributed by atoms with Gasteiger partial charge in [0, 0.05) is 11.6 Å². The zero-order valence-corrected chi connectivity index (χ0v) is 14.3. The third-order valence-electron chi connectivity index (χ3n) is 3.28. The van der Waals surface area contributed by atoms with Crippen molar-refractivity contribution >= 4 is 15.8 Å². The molecule has 0 spiro atoms. The van der Waals surface area contributed by atoms with Crippen molar-refractivity contribution in [2.45, 2.75) is 5.51 Å². The molecule has 138 valence electrons. The fraction of sp³-hybridized carbons (Fsp3) is 0.188. The Hall–Kier alpha value is -2.93. The molecule has 0 N–H and O–H groups in total. The zero-order valence-electron chi connectivity index (χ0n) is 13.5. The third kappa shape index (κ3) is 3.83. The average Bonchev–Trinajstić information content (AvgIpc) is 2.60. The molecule has 10 heteroatoms. The monoisotopic (exact) mass is 387 g/mol. The summed E-state index contributed by atoms with van der Waals surface area (Å²) in [5, 5.41) is 0. The molecule has 0 aliphatic heterocycles. The molecule has 2 aromatic carbocycles. The van der Waals surface area contributed by atoms with E-state index in [-0.39, 0.29) is 11.5 Å².